The molecule has 0 bridgehead atoms. The average Bonchev–Trinajstić information content (AvgIpc) is 2.19. The number of aromatic nitrogens is 2. The molecule has 1 heterocycles. The highest BCUT2D eigenvalue weighted by Crippen LogP contribution is 2.25. The summed E-state index contributed by atoms with van der Waals surface area (Å²) in [6, 6.07) is 0. The van der Waals surface area contributed by atoms with Crippen LogP contribution in [0.25, 0.3) is 0 Å². The second-order valence-corrected chi connectivity index (χ2v) is 3.25. The Morgan fingerprint density at radius 2 is 2.12 bits per heavy atom. The van der Waals surface area contributed by atoms with Crippen molar-refractivity contribution in [1.82, 2.24) is 9.97 Å². The molecule has 1 rings (SSSR count). The van der Waals surface area contributed by atoms with Crippen molar-refractivity contribution < 1.29 is 17.6 Å². The predicted octanol–water partition coefficient (Wildman–Crippen LogP) is 2.02. The van der Waals surface area contributed by atoms with E-state index in [9.17, 15) is 17.6 Å². The summed E-state index contributed by atoms with van der Waals surface area (Å²) in [6.07, 6.45) is -2.69. The summed E-state index contributed by atoms with van der Waals surface area (Å²) in [5, 5.41) is 1.90. The summed E-state index contributed by atoms with van der Waals surface area (Å²) in [5.41, 5.74) is 5.17. The molecule has 0 fully saturated rings. The maximum Gasteiger partial charge on any atom is 0.324 e. The summed E-state index contributed by atoms with van der Waals surface area (Å²) in [5.74, 6) is -4.58. The summed E-state index contributed by atoms with van der Waals surface area (Å²) >= 11 is 5.53. The molecule has 0 radical (unpaired) electrons. The van der Waals surface area contributed by atoms with E-state index in [1.807, 2.05) is 5.32 Å². The highest BCUT2D eigenvalue weighted by Gasteiger charge is 2.40. The van der Waals surface area contributed by atoms with E-state index in [0.717, 1.165) is 6.20 Å². The molecule has 0 aliphatic heterocycles. The Morgan fingerprint density at radius 3 is 2.69 bits per heavy atom. The van der Waals surface area contributed by atoms with Crippen molar-refractivity contribution in [3.05, 3.63) is 11.2 Å². The minimum absolute atomic E-state index is 0.0840. The van der Waals surface area contributed by atoms with Crippen molar-refractivity contribution in [3.8, 4) is 0 Å². The van der Waals surface area contributed by atoms with Crippen molar-refractivity contribution in [3.63, 3.8) is 0 Å². The molecule has 0 aliphatic carbocycles. The van der Waals surface area contributed by atoms with Crippen LogP contribution >= 0.6 is 11.6 Å². The first-order valence-corrected chi connectivity index (χ1v) is 4.38. The Labute approximate surface area is 92.8 Å². The first kappa shape index (κ1) is 12.8. The lowest BCUT2D eigenvalue weighted by Crippen LogP contribution is -2.35. The first-order valence-electron chi connectivity index (χ1n) is 4.01. The molecule has 90 valence electrons. The van der Waals surface area contributed by atoms with Crippen molar-refractivity contribution in [2.24, 2.45) is 0 Å². The average molecular weight is 259 g/mol. The molecular formula is C7H7ClF4N4. The van der Waals surface area contributed by atoms with E-state index in [0.29, 0.717) is 0 Å². The van der Waals surface area contributed by atoms with E-state index < -0.39 is 18.9 Å². The van der Waals surface area contributed by atoms with Gasteiger partial charge in [0.2, 0.25) is 5.95 Å². The molecule has 0 aliphatic rings. The Bertz CT molecular complexity index is 373. The predicted molar refractivity (Wildman–Crippen MR) is 50.9 cm³/mol. The molecule has 0 unspecified atom stereocenters. The molecule has 1 aromatic rings. The van der Waals surface area contributed by atoms with Crippen LogP contribution in [-0.2, 0) is 0 Å². The van der Waals surface area contributed by atoms with Crippen molar-refractivity contribution >= 4 is 23.4 Å². The van der Waals surface area contributed by atoms with Gasteiger partial charge in [0.05, 0.1) is 12.7 Å². The van der Waals surface area contributed by atoms with Crippen LogP contribution < -0.4 is 11.1 Å². The van der Waals surface area contributed by atoms with Gasteiger partial charge in [0, 0.05) is 0 Å². The summed E-state index contributed by atoms with van der Waals surface area (Å²) in [4.78, 5) is 6.96. The fraction of sp³-hybridized carbons (Fsp3) is 0.429. The summed E-state index contributed by atoms with van der Waals surface area (Å²) < 4.78 is 48.7. The number of rotatable bonds is 4. The third kappa shape index (κ3) is 3.09. The zero-order chi connectivity index (χ0) is 12.3. The van der Waals surface area contributed by atoms with Crippen molar-refractivity contribution in [1.29, 1.82) is 0 Å². The lowest BCUT2D eigenvalue weighted by Gasteiger charge is -2.16. The Kier molecular flexibility index (Phi) is 3.74. The van der Waals surface area contributed by atoms with E-state index in [4.69, 9.17) is 17.3 Å². The monoisotopic (exact) mass is 258 g/mol. The lowest BCUT2D eigenvalue weighted by molar-refractivity contribution is -0.117. The van der Waals surface area contributed by atoms with E-state index in [2.05, 4.69) is 9.97 Å². The quantitative estimate of drug-likeness (QED) is 0.811. The Balaban J connectivity index is 2.71. The highest BCUT2D eigenvalue weighted by molar-refractivity contribution is 6.32. The van der Waals surface area contributed by atoms with Gasteiger partial charge in [-0.05, 0) is 0 Å². The van der Waals surface area contributed by atoms with Gasteiger partial charge in [-0.3, -0.25) is 0 Å². The molecule has 1 aromatic heterocycles. The van der Waals surface area contributed by atoms with Gasteiger partial charge in [-0.25, -0.2) is 13.8 Å². The van der Waals surface area contributed by atoms with Crippen LogP contribution in [0.5, 0.6) is 0 Å². The summed E-state index contributed by atoms with van der Waals surface area (Å²) in [7, 11) is 0. The van der Waals surface area contributed by atoms with Gasteiger partial charge < -0.3 is 11.1 Å². The summed E-state index contributed by atoms with van der Waals surface area (Å²) in [6.45, 7) is -1.29. The van der Waals surface area contributed by atoms with Crippen LogP contribution in [0, 0.1) is 0 Å². The van der Waals surface area contributed by atoms with E-state index in [1.54, 1.807) is 0 Å². The molecule has 0 atom stereocenters. The van der Waals surface area contributed by atoms with Gasteiger partial charge in [-0.15, -0.1) is 0 Å². The zero-order valence-electron chi connectivity index (χ0n) is 7.72. The SMILES string of the molecule is Nc1ncc(Cl)c(NCC(F)(F)C(F)F)n1. The Morgan fingerprint density at radius 1 is 1.50 bits per heavy atom. The number of nitrogens with two attached hydrogens (primary N) is 1. The van der Waals surface area contributed by atoms with Gasteiger partial charge in [-0.2, -0.15) is 13.8 Å². The number of anilines is 2. The smallest absolute Gasteiger partial charge is 0.324 e. The zero-order valence-corrected chi connectivity index (χ0v) is 8.48. The standard InChI is InChI=1S/C7H7ClF4N4/c8-3-1-14-6(13)16-4(3)15-2-7(11,12)5(9)10/h1,5H,2H2,(H3,13,14,15,16). The largest absolute Gasteiger partial charge is 0.368 e. The number of nitrogen functional groups attached to an aromatic ring is 1. The number of halogens is 5. The van der Waals surface area contributed by atoms with Gasteiger partial charge in [-0.1, -0.05) is 11.6 Å². The molecule has 16 heavy (non-hydrogen) atoms. The van der Waals surface area contributed by atoms with Crippen molar-refractivity contribution in [2.75, 3.05) is 17.6 Å². The van der Waals surface area contributed by atoms with E-state index >= 15 is 0 Å². The number of nitrogens with one attached hydrogen (secondary N) is 1. The van der Waals surface area contributed by atoms with Crippen LogP contribution in [0.1, 0.15) is 0 Å². The molecule has 4 nitrogen and oxygen atoms in total. The van der Waals surface area contributed by atoms with Crippen LogP contribution in [0.2, 0.25) is 5.02 Å². The van der Waals surface area contributed by atoms with Crippen LogP contribution in [0.4, 0.5) is 29.3 Å². The van der Waals surface area contributed by atoms with Crippen LogP contribution in [0.3, 0.4) is 0 Å². The Hall–Kier alpha value is -1.31. The number of hydrogen-bond donors (Lipinski definition) is 2. The van der Waals surface area contributed by atoms with Gasteiger partial charge >= 0.3 is 12.3 Å². The van der Waals surface area contributed by atoms with Crippen LogP contribution in [-0.4, -0.2) is 28.9 Å². The molecule has 0 saturated carbocycles. The normalized spacial score (nSPS) is 11.9. The first-order chi connectivity index (χ1) is 7.33. The third-order valence-corrected chi connectivity index (χ3v) is 1.85. The van der Waals surface area contributed by atoms with E-state index in [1.165, 1.54) is 0 Å². The number of nitrogens with zero attached hydrogens (tertiary/aromatic N) is 2. The molecule has 3 N–H and O–H groups in total. The maximum absolute atomic E-state index is 12.5. The number of hydrogen-bond acceptors (Lipinski definition) is 4. The van der Waals surface area contributed by atoms with Crippen LogP contribution in [0.15, 0.2) is 6.20 Å². The van der Waals surface area contributed by atoms with Gasteiger partial charge in [0.1, 0.15) is 5.02 Å². The number of alkyl halides is 4. The third-order valence-electron chi connectivity index (χ3n) is 1.57. The molecular weight excluding hydrogens is 252 g/mol. The second-order valence-electron chi connectivity index (χ2n) is 2.84. The molecule has 9 heteroatoms. The minimum Gasteiger partial charge on any atom is -0.368 e. The van der Waals surface area contributed by atoms with Crippen molar-refractivity contribution in [2.45, 2.75) is 12.3 Å². The molecule has 0 aromatic carbocycles. The van der Waals surface area contributed by atoms with Gasteiger partial charge in [0.15, 0.2) is 5.82 Å². The fourth-order valence-electron chi connectivity index (χ4n) is 0.783. The highest BCUT2D eigenvalue weighted by atomic mass is 35.5. The molecule has 0 amide bonds. The molecule has 0 saturated heterocycles. The maximum atomic E-state index is 12.5. The van der Waals surface area contributed by atoms with E-state index in [-0.39, 0.29) is 16.8 Å². The molecule has 0 spiro atoms. The topological polar surface area (TPSA) is 63.8 Å². The van der Waals surface area contributed by atoms with Gasteiger partial charge in [0.25, 0.3) is 0 Å². The second kappa shape index (κ2) is 4.69. The fourth-order valence-corrected chi connectivity index (χ4v) is 0.941. The minimum atomic E-state index is -4.16. The lowest BCUT2D eigenvalue weighted by atomic mass is 10.3.